The van der Waals surface area contributed by atoms with Crippen molar-refractivity contribution in [1.82, 2.24) is 16.2 Å². The van der Waals surface area contributed by atoms with Gasteiger partial charge in [-0.25, -0.2) is 10.9 Å². The molecule has 0 spiro atoms. The van der Waals surface area contributed by atoms with Crippen molar-refractivity contribution >= 4 is 5.91 Å². The Bertz CT molecular complexity index is 411. The lowest BCUT2D eigenvalue weighted by atomic mass is 10.0. The number of amides is 1. The van der Waals surface area contributed by atoms with Gasteiger partial charge in [-0.15, -0.1) is 0 Å². The molecule has 1 aromatic carbocycles. The van der Waals surface area contributed by atoms with Gasteiger partial charge in [-0.05, 0) is 25.3 Å². The first-order chi connectivity index (χ1) is 9.81. The second-order valence-corrected chi connectivity index (χ2v) is 4.88. The highest BCUT2D eigenvalue weighted by atomic mass is 16.5. The molecule has 20 heavy (non-hydrogen) atoms. The molecule has 3 N–H and O–H groups in total. The second-order valence-electron chi connectivity index (χ2n) is 4.88. The van der Waals surface area contributed by atoms with E-state index in [-0.39, 0.29) is 18.0 Å². The minimum Gasteiger partial charge on any atom is -0.382 e. The summed E-state index contributed by atoms with van der Waals surface area (Å²) in [6.45, 7) is 4.05. The van der Waals surface area contributed by atoms with Crippen LogP contribution in [0.25, 0.3) is 0 Å². The number of hydrogen-bond donors (Lipinski definition) is 3. The standard InChI is InChI=1S/C15H23N3O2/c1-2-20-10-6-9-16-15(19)14-11-13(17-18-14)12-7-4-3-5-8-12/h3-5,7-8,13-14,17-18H,2,6,9-11H2,1H3,(H,16,19). The number of rotatable bonds is 7. The Balaban J connectivity index is 1.71. The number of ether oxygens (including phenoxy) is 1. The van der Waals surface area contributed by atoms with Gasteiger partial charge in [0.2, 0.25) is 5.91 Å². The SMILES string of the molecule is CCOCCCNC(=O)C1CC(c2ccccc2)NN1. The molecule has 0 saturated carbocycles. The minimum atomic E-state index is -0.174. The van der Waals surface area contributed by atoms with E-state index < -0.39 is 0 Å². The first-order valence-electron chi connectivity index (χ1n) is 7.22. The molecular weight excluding hydrogens is 254 g/mol. The Morgan fingerprint density at radius 3 is 2.90 bits per heavy atom. The zero-order valence-corrected chi connectivity index (χ0v) is 11.9. The summed E-state index contributed by atoms with van der Waals surface area (Å²) < 4.78 is 5.24. The molecule has 1 heterocycles. The number of benzene rings is 1. The molecule has 1 amide bonds. The molecule has 5 nitrogen and oxygen atoms in total. The predicted octanol–water partition coefficient (Wildman–Crippen LogP) is 1.14. The predicted molar refractivity (Wildman–Crippen MR) is 78.0 cm³/mol. The normalized spacial score (nSPS) is 21.9. The van der Waals surface area contributed by atoms with Crippen LogP contribution in [0.2, 0.25) is 0 Å². The molecule has 1 aromatic rings. The Kier molecular flexibility index (Phi) is 5.98. The maximum absolute atomic E-state index is 12.0. The molecule has 0 aliphatic carbocycles. The van der Waals surface area contributed by atoms with Gasteiger partial charge in [-0.3, -0.25) is 4.79 Å². The highest BCUT2D eigenvalue weighted by Crippen LogP contribution is 2.21. The third kappa shape index (κ3) is 4.30. The fourth-order valence-electron chi connectivity index (χ4n) is 2.29. The van der Waals surface area contributed by atoms with Crippen LogP contribution in [0.3, 0.4) is 0 Å². The van der Waals surface area contributed by atoms with E-state index in [9.17, 15) is 4.79 Å². The molecular formula is C15H23N3O2. The summed E-state index contributed by atoms with van der Waals surface area (Å²) >= 11 is 0. The Morgan fingerprint density at radius 2 is 2.15 bits per heavy atom. The lowest BCUT2D eigenvalue weighted by molar-refractivity contribution is -0.122. The van der Waals surface area contributed by atoms with Gasteiger partial charge >= 0.3 is 0 Å². The molecule has 2 unspecified atom stereocenters. The Morgan fingerprint density at radius 1 is 1.35 bits per heavy atom. The lowest BCUT2D eigenvalue weighted by Gasteiger charge is -2.10. The van der Waals surface area contributed by atoms with Gasteiger partial charge in [-0.2, -0.15) is 0 Å². The van der Waals surface area contributed by atoms with Crippen LogP contribution >= 0.6 is 0 Å². The summed E-state index contributed by atoms with van der Waals surface area (Å²) in [4.78, 5) is 12.0. The van der Waals surface area contributed by atoms with Gasteiger partial charge < -0.3 is 10.1 Å². The quantitative estimate of drug-likeness (QED) is 0.654. The van der Waals surface area contributed by atoms with Gasteiger partial charge in [0.15, 0.2) is 0 Å². The van der Waals surface area contributed by atoms with Crippen LogP contribution in [0.5, 0.6) is 0 Å². The maximum Gasteiger partial charge on any atom is 0.238 e. The summed E-state index contributed by atoms with van der Waals surface area (Å²) in [5, 5.41) is 2.93. The van der Waals surface area contributed by atoms with E-state index in [1.54, 1.807) is 0 Å². The molecule has 1 fully saturated rings. The van der Waals surface area contributed by atoms with Crippen molar-refractivity contribution in [3.8, 4) is 0 Å². The summed E-state index contributed by atoms with van der Waals surface area (Å²) in [6, 6.07) is 10.2. The van der Waals surface area contributed by atoms with E-state index in [1.807, 2.05) is 25.1 Å². The van der Waals surface area contributed by atoms with Crippen LogP contribution in [0, 0.1) is 0 Å². The Hall–Kier alpha value is -1.43. The molecule has 1 aliphatic heterocycles. The van der Waals surface area contributed by atoms with Crippen molar-refractivity contribution in [2.45, 2.75) is 31.8 Å². The van der Waals surface area contributed by atoms with Crippen molar-refractivity contribution in [3.63, 3.8) is 0 Å². The highest BCUT2D eigenvalue weighted by molar-refractivity contribution is 5.82. The van der Waals surface area contributed by atoms with E-state index >= 15 is 0 Å². The molecule has 0 aromatic heterocycles. The molecule has 5 heteroatoms. The molecule has 0 radical (unpaired) electrons. The summed E-state index contributed by atoms with van der Waals surface area (Å²) in [5.74, 6) is 0.0485. The number of carbonyl (C=O) groups excluding carboxylic acids is 1. The fourth-order valence-corrected chi connectivity index (χ4v) is 2.29. The third-order valence-electron chi connectivity index (χ3n) is 3.39. The van der Waals surface area contributed by atoms with Crippen molar-refractivity contribution in [2.75, 3.05) is 19.8 Å². The first kappa shape index (κ1) is 15.0. The van der Waals surface area contributed by atoms with Crippen molar-refractivity contribution in [2.24, 2.45) is 0 Å². The van der Waals surface area contributed by atoms with Crippen molar-refractivity contribution in [3.05, 3.63) is 35.9 Å². The Labute approximate surface area is 120 Å². The van der Waals surface area contributed by atoms with Gasteiger partial charge in [0.1, 0.15) is 6.04 Å². The summed E-state index contributed by atoms with van der Waals surface area (Å²) in [6.07, 6.45) is 1.61. The average Bonchev–Trinajstić information content (AvgIpc) is 2.98. The largest absolute Gasteiger partial charge is 0.382 e. The van der Waals surface area contributed by atoms with Crippen molar-refractivity contribution in [1.29, 1.82) is 0 Å². The summed E-state index contributed by atoms with van der Waals surface area (Å²) in [7, 11) is 0. The smallest absolute Gasteiger partial charge is 0.238 e. The lowest BCUT2D eigenvalue weighted by Crippen LogP contribution is -2.43. The maximum atomic E-state index is 12.0. The summed E-state index contributed by atoms with van der Waals surface area (Å²) in [5.41, 5.74) is 7.44. The number of carbonyl (C=O) groups is 1. The van der Waals surface area contributed by atoms with Crippen LogP contribution < -0.4 is 16.2 Å². The number of nitrogens with one attached hydrogen (secondary N) is 3. The monoisotopic (exact) mass is 277 g/mol. The van der Waals surface area contributed by atoms with Crippen LogP contribution in [0.15, 0.2) is 30.3 Å². The van der Waals surface area contributed by atoms with E-state index in [2.05, 4.69) is 28.3 Å². The number of hydrogen-bond acceptors (Lipinski definition) is 4. The van der Waals surface area contributed by atoms with Crippen LogP contribution in [0.4, 0.5) is 0 Å². The second kappa shape index (κ2) is 7.99. The molecule has 110 valence electrons. The van der Waals surface area contributed by atoms with Crippen LogP contribution in [-0.4, -0.2) is 31.7 Å². The topological polar surface area (TPSA) is 62.4 Å². The van der Waals surface area contributed by atoms with Crippen LogP contribution in [0.1, 0.15) is 31.4 Å². The molecule has 0 bridgehead atoms. The molecule has 2 rings (SSSR count). The van der Waals surface area contributed by atoms with Gasteiger partial charge in [0, 0.05) is 25.8 Å². The zero-order chi connectivity index (χ0) is 14.2. The van der Waals surface area contributed by atoms with Gasteiger partial charge in [0.25, 0.3) is 0 Å². The minimum absolute atomic E-state index is 0.0485. The number of hydrazine groups is 1. The molecule has 1 aliphatic rings. The van der Waals surface area contributed by atoms with Crippen LogP contribution in [-0.2, 0) is 9.53 Å². The average molecular weight is 277 g/mol. The van der Waals surface area contributed by atoms with Gasteiger partial charge in [0.05, 0.1) is 0 Å². The van der Waals surface area contributed by atoms with Gasteiger partial charge in [-0.1, -0.05) is 30.3 Å². The van der Waals surface area contributed by atoms with E-state index in [4.69, 9.17) is 4.74 Å². The zero-order valence-electron chi connectivity index (χ0n) is 11.9. The fraction of sp³-hybridized carbons (Fsp3) is 0.533. The van der Waals surface area contributed by atoms with E-state index in [0.29, 0.717) is 13.2 Å². The molecule has 2 atom stereocenters. The molecule has 1 saturated heterocycles. The highest BCUT2D eigenvalue weighted by Gasteiger charge is 2.29. The van der Waals surface area contributed by atoms with Crippen molar-refractivity contribution < 1.29 is 9.53 Å². The van der Waals surface area contributed by atoms with E-state index in [1.165, 1.54) is 5.56 Å². The van der Waals surface area contributed by atoms with E-state index in [0.717, 1.165) is 19.4 Å². The first-order valence-corrected chi connectivity index (χ1v) is 7.22. The third-order valence-corrected chi connectivity index (χ3v) is 3.39.